The maximum atomic E-state index is 12.7. The molecule has 1 amide bonds. The van der Waals surface area contributed by atoms with E-state index in [1.807, 2.05) is 0 Å². The van der Waals surface area contributed by atoms with Crippen LogP contribution in [0.5, 0.6) is 11.5 Å². The summed E-state index contributed by atoms with van der Waals surface area (Å²) >= 11 is 5.89. The highest BCUT2D eigenvalue weighted by Crippen LogP contribution is 2.29. The molecule has 1 saturated heterocycles. The van der Waals surface area contributed by atoms with Crippen LogP contribution in [0.3, 0.4) is 0 Å². The molecule has 1 fully saturated rings. The number of sulfonamides is 1. The average molecular weight is 425 g/mol. The minimum Gasteiger partial charge on any atom is -0.497 e. The molecule has 0 saturated carbocycles. The van der Waals surface area contributed by atoms with Crippen LogP contribution in [0, 0.1) is 5.92 Å². The van der Waals surface area contributed by atoms with Crippen molar-refractivity contribution in [2.75, 3.05) is 32.2 Å². The van der Waals surface area contributed by atoms with Crippen molar-refractivity contribution in [1.82, 2.24) is 4.72 Å². The van der Waals surface area contributed by atoms with E-state index in [-0.39, 0.29) is 35.4 Å². The molecule has 2 aromatic rings. The van der Waals surface area contributed by atoms with Gasteiger partial charge in [0.2, 0.25) is 15.9 Å². The molecule has 1 heterocycles. The molecule has 28 heavy (non-hydrogen) atoms. The number of hydrogen-bond acceptors (Lipinski definition) is 5. The van der Waals surface area contributed by atoms with Gasteiger partial charge >= 0.3 is 0 Å². The number of nitrogens with zero attached hydrogens (tertiary/aromatic N) is 1. The van der Waals surface area contributed by atoms with E-state index in [2.05, 4.69) is 4.72 Å². The third-order valence-electron chi connectivity index (χ3n) is 4.57. The highest BCUT2D eigenvalue weighted by atomic mass is 35.5. The zero-order chi connectivity index (χ0) is 20.3. The summed E-state index contributed by atoms with van der Waals surface area (Å²) < 4.78 is 38.3. The number of halogens is 1. The zero-order valence-corrected chi connectivity index (χ0v) is 17.1. The van der Waals surface area contributed by atoms with Crippen molar-refractivity contribution in [2.24, 2.45) is 5.92 Å². The molecule has 150 valence electrons. The van der Waals surface area contributed by atoms with Crippen molar-refractivity contribution in [3.8, 4) is 11.5 Å². The van der Waals surface area contributed by atoms with Crippen LogP contribution in [-0.4, -0.2) is 41.6 Å². The van der Waals surface area contributed by atoms with E-state index in [1.165, 1.54) is 26.4 Å². The average Bonchev–Trinajstić information content (AvgIpc) is 3.07. The van der Waals surface area contributed by atoms with Gasteiger partial charge < -0.3 is 14.4 Å². The molecular formula is C19H21ClN2O5S. The summed E-state index contributed by atoms with van der Waals surface area (Å²) in [6.07, 6.45) is 0.264. The molecule has 1 aliphatic rings. The van der Waals surface area contributed by atoms with Gasteiger partial charge in [-0.25, -0.2) is 13.1 Å². The summed E-state index contributed by atoms with van der Waals surface area (Å²) in [4.78, 5) is 14.0. The minimum atomic E-state index is -3.83. The topological polar surface area (TPSA) is 84.9 Å². The first kappa shape index (κ1) is 20.4. The van der Waals surface area contributed by atoms with Crippen molar-refractivity contribution in [3.63, 3.8) is 0 Å². The van der Waals surface area contributed by atoms with Crippen molar-refractivity contribution >= 4 is 33.2 Å². The number of amides is 1. The van der Waals surface area contributed by atoms with Gasteiger partial charge in [0.15, 0.2) is 0 Å². The molecule has 0 radical (unpaired) electrons. The van der Waals surface area contributed by atoms with E-state index in [0.717, 1.165) is 5.69 Å². The highest BCUT2D eigenvalue weighted by molar-refractivity contribution is 7.89. The molecule has 0 spiro atoms. The molecule has 0 unspecified atom stereocenters. The molecule has 3 rings (SSSR count). The lowest BCUT2D eigenvalue weighted by atomic mass is 10.1. The Bertz CT molecular complexity index is 963. The number of carbonyl (C=O) groups is 1. The van der Waals surface area contributed by atoms with Gasteiger partial charge in [-0.3, -0.25) is 4.79 Å². The second kappa shape index (κ2) is 8.38. The van der Waals surface area contributed by atoms with Gasteiger partial charge in [-0.05, 0) is 42.3 Å². The van der Waals surface area contributed by atoms with Gasteiger partial charge in [0.05, 0.1) is 14.2 Å². The van der Waals surface area contributed by atoms with Crippen LogP contribution >= 0.6 is 11.6 Å². The van der Waals surface area contributed by atoms with Gasteiger partial charge in [0, 0.05) is 36.3 Å². The van der Waals surface area contributed by atoms with E-state index in [4.69, 9.17) is 21.1 Å². The van der Waals surface area contributed by atoms with Crippen molar-refractivity contribution in [2.45, 2.75) is 11.3 Å². The van der Waals surface area contributed by atoms with Crippen LogP contribution in [-0.2, 0) is 14.8 Å². The van der Waals surface area contributed by atoms with E-state index in [0.29, 0.717) is 17.3 Å². The van der Waals surface area contributed by atoms with E-state index in [1.54, 1.807) is 35.2 Å². The first-order valence-corrected chi connectivity index (χ1v) is 10.5. The van der Waals surface area contributed by atoms with E-state index < -0.39 is 10.0 Å². The van der Waals surface area contributed by atoms with Crippen LogP contribution in [0.4, 0.5) is 5.69 Å². The third kappa shape index (κ3) is 4.40. The second-order valence-electron chi connectivity index (χ2n) is 6.42. The van der Waals surface area contributed by atoms with Crippen molar-refractivity contribution in [3.05, 3.63) is 47.5 Å². The molecular weight excluding hydrogens is 404 g/mol. The first-order valence-electron chi connectivity index (χ1n) is 8.61. The Morgan fingerprint density at radius 2 is 1.86 bits per heavy atom. The number of anilines is 1. The molecule has 1 atom stereocenters. The predicted molar refractivity (Wildman–Crippen MR) is 107 cm³/mol. The van der Waals surface area contributed by atoms with Gasteiger partial charge in [-0.1, -0.05) is 11.6 Å². The SMILES string of the molecule is COc1ccc(OC)c(S(=O)(=O)NC[C@@H]2CC(=O)N(c3ccc(Cl)cc3)C2)c1. The number of rotatable bonds is 7. The number of hydrogen-bond donors (Lipinski definition) is 1. The highest BCUT2D eigenvalue weighted by Gasteiger charge is 2.32. The maximum absolute atomic E-state index is 12.7. The van der Waals surface area contributed by atoms with E-state index in [9.17, 15) is 13.2 Å². The normalized spacial score (nSPS) is 17.0. The Balaban J connectivity index is 1.70. The third-order valence-corrected chi connectivity index (χ3v) is 6.26. The smallest absolute Gasteiger partial charge is 0.244 e. The van der Waals surface area contributed by atoms with Gasteiger partial charge in [0.1, 0.15) is 16.4 Å². The Kier molecular flexibility index (Phi) is 6.12. The quantitative estimate of drug-likeness (QED) is 0.738. The van der Waals surface area contributed by atoms with Gasteiger partial charge in [-0.15, -0.1) is 0 Å². The lowest BCUT2D eigenvalue weighted by molar-refractivity contribution is -0.117. The summed E-state index contributed by atoms with van der Waals surface area (Å²) in [6, 6.07) is 11.5. The van der Waals surface area contributed by atoms with Gasteiger partial charge in [-0.2, -0.15) is 0 Å². The standard InChI is InChI=1S/C19H21ClN2O5S/c1-26-16-7-8-17(27-2)18(10-16)28(24,25)21-11-13-9-19(23)22(12-13)15-5-3-14(20)4-6-15/h3-8,10,13,21H,9,11-12H2,1-2H3/t13-/m0/s1. The largest absolute Gasteiger partial charge is 0.497 e. The van der Waals surface area contributed by atoms with Crippen LogP contribution in [0.15, 0.2) is 47.4 Å². The molecule has 7 nitrogen and oxygen atoms in total. The number of carbonyl (C=O) groups excluding carboxylic acids is 1. The summed E-state index contributed by atoms with van der Waals surface area (Å²) in [7, 11) is -0.968. The molecule has 1 N–H and O–H groups in total. The molecule has 0 bridgehead atoms. The lowest BCUT2D eigenvalue weighted by Gasteiger charge is -2.17. The van der Waals surface area contributed by atoms with Crippen LogP contribution in [0.25, 0.3) is 0 Å². The second-order valence-corrected chi connectivity index (χ2v) is 8.59. The number of methoxy groups -OCH3 is 2. The molecule has 0 aromatic heterocycles. The minimum absolute atomic E-state index is 0.00627. The summed E-state index contributed by atoms with van der Waals surface area (Å²) in [5.41, 5.74) is 0.745. The van der Waals surface area contributed by atoms with Crippen molar-refractivity contribution in [1.29, 1.82) is 0 Å². The molecule has 9 heteroatoms. The molecule has 2 aromatic carbocycles. The lowest BCUT2D eigenvalue weighted by Crippen LogP contribution is -2.31. The Morgan fingerprint density at radius 1 is 1.14 bits per heavy atom. The monoisotopic (exact) mass is 424 g/mol. The molecule has 1 aliphatic heterocycles. The molecule has 0 aliphatic carbocycles. The summed E-state index contributed by atoms with van der Waals surface area (Å²) in [6.45, 7) is 0.566. The fraction of sp³-hybridized carbons (Fsp3) is 0.316. The fourth-order valence-electron chi connectivity index (χ4n) is 3.09. The van der Waals surface area contributed by atoms with E-state index >= 15 is 0 Å². The number of ether oxygens (including phenoxy) is 2. The van der Waals surface area contributed by atoms with Crippen LogP contribution in [0.1, 0.15) is 6.42 Å². The van der Waals surface area contributed by atoms with Crippen LogP contribution < -0.4 is 19.1 Å². The first-order chi connectivity index (χ1) is 13.3. The Labute approximate surface area is 169 Å². The maximum Gasteiger partial charge on any atom is 0.244 e. The Hall–Kier alpha value is -2.29. The number of benzene rings is 2. The predicted octanol–water partition coefficient (Wildman–Crippen LogP) is 2.69. The van der Waals surface area contributed by atoms with Crippen molar-refractivity contribution < 1.29 is 22.7 Å². The fourth-order valence-corrected chi connectivity index (χ4v) is 4.51. The zero-order valence-electron chi connectivity index (χ0n) is 15.5. The Morgan fingerprint density at radius 3 is 2.50 bits per heavy atom. The summed E-state index contributed by atoms with van der Waals surface area (Å²) in [5, 5.41) is 0.590. The van der Waals surface area contributed by atoms with Gasteiger partial charge in [0.25, 0.3) is 0 Å². The summed E-state index contributed by atoms with van der Waals surface area (Å²) in [5.74, 6) is 0.435. The number of nitrogens with one attached hydrogen (secondary N) is 1. The van der Waals surface area contributed by atoms with Crippen LogP contribution in [0.2, 0.25) is 5.02 Å².